The van der Waals surface area contributed by atoms with Crippen molar-refractivity contribution in [1.29, 1.82) is 0 Å². The number of rotatable bonds is 7. The minimum absolute atomic E-state index is 0.131. The van der Waals surface area contributed by atoms with Crippen LogP contribution in [-0.2, 0) is 24.2 Å². The Morgan fingerprint density at radius 3 is 2.85 bits per heavy atom. The molecule has 2 amide bonds. The van der Waals surface area contributed by atoms with E-state index in [9.17, 15) is 4.79 Å². The average Bonchev–Trinajstić information content (AvgIpc) is 3.11. The van der Waals surface area contributed by atoms with Gasteiger partial charge < -0.3 is 15.4 Å². The van der Waals surface area contributed by atoms with E-state index in [2.05, 4.69) is 58.7 Å². The van der Waals surface area contributed by atoms with E-state index >= 15 is 0 Å². The molecule has 1 aromatic carbocycles. The van der Waals surface area contributed by atoms with Crippen LogP contribution < -0.4 is 10.6 Å². The molecule has 2 N–H and O–H groups in total. The fourth-order valence-corrected chi connectivity index (χ4v) is 3.33. The lowest BCUT2D eigenvalue weighted by molar-refractivity contribution is 0.105. The summed E-state index contributed by atoms with van der Waals surface area (Å²) in [7, 11) is 1.65. The molecule has 146 valence electrons. The summed E-state index contributed by atoms with van der Waals surface area (Å²) in [6.07, 6.45) is 4.49. The van der Waals surface area contributed by atoms with Gasteiger partial charge in [0.05, 0.1) is 25.0 Å². The van der Waals surface area contributed by atoms with E-state index in [0.29, 0.717) is 25.4 Å². The Morgan fingerprint density at radius 2 is 2.07 bits per heavy atom. The van der Waals surface area contributed by atoms with Crippen LogP contribution in [-0.4, -0.2) is 53.1 Å². The quantitative estimate of drug-likeness (QED) is 0.784. The Kier molecular flexibility index (Phi) is 6.13. The van der Waals surface area contributed by atoms with Crippen molar-refractivity contribution in [2.45, 2.75) is 38.9 Å². The molecule has 0 fully saturated rings. The van der Waals surface area contributed by atoms with Crippen LogP contribution in [0.1, 0.15) is 25.0 Å². The topological polar surface area (TPSA) is 71.4 Å². The molecule has 0 aliphatic carbocycles. The summed E-state index contributed by atoms with van der Waals surface area (Å²) < 4.78 is 6.77. The fourth-order valence-electron chi connectivity index (χ4n) is 3.33. The molecule has 0 saturated heterocycles. The van der Waals surface area contributed by atoms with Crippen LogP contribution in [0.2, 0.25) is 0 Å². The molecular formula is C20H29N5O2. The molecule has 0 spiro atoms. The predicted octanol–water partition coefficient (Wildman–Crippen LogP) is 2.49. The van der Waals surface area contributed by atoms with E-state index in [0.717, 1.165) is 19.5 Å². The summed E-state index contributed by atoms with van der Waals surface area (Å²) in [5, 5.41) is 10.0. The highest BCUT2D eigenvalue weighted by Crippen LogP contribution is 2.24. The van der Waals surface area contributed by atoms with Gasteiger partial charge in [0.1, 0.15) is 0 Å². The van der Waals surface area contributed by atoms with Gasteiger partial charge in [0.25, 0.3) is 0 Å². The predicted molar refractivity (Wildman–Crippen MR) is 106 cm³/mol. The van der Waals surface area contributed by atoms with E-state index in [1.54, 1.807) is 24.2 Å². The first-order valence-corrected chi connectivity index (χ1v) is 9.36. The highest BCUT2D eigenvalue weighted by atomic mass is 16.5. The number of hydrogen-bond donors (Lipinski definition) is 2. The summed E-state index contributed by atoms with van der Waals surface area (Å²) in [6, 6.07) is 8.38. The monoisotopic (exact) mass is 371 g/mol. The molecule has 0 saturated carbocycles. The Balaban J connectivity index is 1.49. The zero-order valence-corrected chi connectivity index (χ0v) is 16.4. The molecule has 1 aliphatic rings. The van der Waals surface area contributed by atoms with Crippen molar-refractivity contribution in [1.82, 2.24) is 20.0 Å². The Labute approximate surface area is 160 Å². The van der Waals surface area contributed by atoms with Gasteiger partial charge in [0.15, 0.2) is 0 Å². The maximum absolute atomic E-state index is 12.3. The van der Waals surface area contributed by atoms with Crippen molar-refractivity contribution in [2.24, 2.45) is 0 Å². The number of amides is 2. The number of nitrogens with zero attached hydrogens (tertiary/aromatic N) is 3. The number of methoxy groups -OCH3 is 1. The second-order valence-corrected chi connectivity index (χ2v) is 7.55. The van der Waals surface area contributed by atoms with Crippen molar-refractivity contribution in [3.8, 4) is 0 Å². The molecule has 0 bridgehead atoms. The molecular weight excluding hydrogens is 342 g/mol. The van der Waals surface area contributed by atoms with Crippen LogP contribution in [0.4, 0.5) is 10.5 Å². The molecule has 0 atom stereocenters. The third-order valence-corrected chi connectivity index (χ3v) is 5.08. The van der Waals surface area contributed by atoms with Crippen molar-refractivity contribution >= 4 is 11.7 Å². The fraction of sp³-hybridized carbons (Fsp3) is 0.500. The first-order valence-electron chi connectivity index (χ1n) is 9.36. The van der Waals surface area contributed by atoms with Crippen molar-refractivity contribution in [3.63, 3.8) is 0 Å². The third kappa shape index (κ3) is 5.08. The second-order valence-electron chi connectivity index (χ2n) is 7.55. The maximum atomic E-state index is 12.3. The lowest BCUT2D eigenvalue weighted by Crippen LogP contribution is -2.53. The minimum Gasteiger partial charge on any atom is -0.383 e. The van der Waals surface area contributed by atoms with Gasteiger partial charge in [-0.3, -0.25) is 9.58 Å². The van der Waals surface area contributed by atoms with Gasteiger partial charge in [-0.2, -0.15) is 5.10 Å². The number of aromatic nitrogens is 2. The van der Waals surface area contributed by atoms with Gasteiger partial charge in [-0.1, -0.05) is 24.3 Å². The first-order chi connectivity index (χ1) is 13.0. The van der Waals surface area contributed by atoms with Crippen molar-refractivity contribution in [3.05, 3.63) is 47.8 Å². The van der Waals surface area contributed by atoms with Gasteiger partial charge in [-0.25, -0.2) is 4.79 Å². The molecule has 27 heavy (non-hydrogen) atoms. The normalized spacial score (nSPS) is 14.6. The summed E-state index contributed by atoms with van der Waals surface area (Å²) in [5.41, 5.74) is 3.35. The molecule has 1 aromatic heterocycles. The maximum Gasteiger partial charge on any atom is 0.319 e. The molecule has 7 heteroatoms. The van der Waals surface area contributed by atoms with Crippen LogP contribution in [0.3, 0.4) is 0 Å². The molecule has 0 radical (unpaired) electrons. The van der Waals surface area contributed by atoms with E-state index < -0.39 is 0 Å². The van der Waals surface area contributed by atoms with Gasteiger partial charge in [0.2, 0.25) is 0 Å². The number of carbonyl (C=O) groups excluding carboxylic acids is 1. The zero-order valence-electron chi connectivity index (χ0n) is 16.4. The number of fused-ring (bicyclic) bond motifs is 1. The lowest BCUT2D eigenvalue weighted by Gasteiger charge is -2.41. The lowest BCUT2D eigenvalue weighted by atomic mass is 9.94. The number of anilines is 1. The Bertz CT molecular complexity index is 771. The van der Waals surface area contributed by atoms with Crippen molar-refractivity contribution < 1.29 is 9.53 Å². The van der Waals surface area contributed by atoms with Crippen LogP contribution in [0.5, 0.6) is 0 Å². The van der Waals surface area contributed by atoms with E-state index in [1.807, 2.05) is 0 Å². The minimum atomic E-state index is -0.216. The SMILES string of the molecule is COCCn1cc(NC(=O)NCC(C)(C)N2CCc3ccccc3C2)cn1. The van der Waals surface area contributed by atoms with Crippen LogP contribution in [0, 0.1) is 0 Å². The number of ether oxygens (including phenoxy) is 1. The Hall–Kier alpha value is -2.38. The van der Waals surface area contributed by atoms with Gasteiger partial charge in [-0.05, 0) is 31.4 Å². The van der Waals surface area contributed by atoms with Crippen molar-refractivity contribution in [2.75, 3.05) is 32.1 Å². The number of carbonyl (C=O) groups is 1. The number of benzene rings is 1. The molecule has 0 unspecified atom stereocenters. The summed E-state index contributed by atoms with van der Waals surface area (Å²) >= 11 is 0. The summed E-state index contributed by atoms with van der Waals surface area (Å²) in [5.74, 6) is 0. The summed E-state index contributed by atoms with van der Waals surface area (Å²) in [6.45, 7) is 8.06. The van der Waals surface area contributed by atoms with Crippen LogP contribution >= 0.6 is 0 Å². The average molecular weight is 371 g/mol. The van der Waals surface area contributed by atoms with E-state index in [4.69, 9.17) is 4.74 Å². The smallest absolute Gasteiger partial charge is 0.319 e. The number of hydrogen-bond acceptors (Lipinski definition) is 4. The number of urea groups is 1. The molecule has 3 rings (SSSR count). The standard InChI is InChI=1S/C20H29N5O2/c1-20(2,24-9-8-16-6-4-5-7-17(16)13-24)15-21-19(26)23-18-12-22-25(14-18)10-11-27-3/h4-7,12,14H,8-11,13,15H2,1-3H3,(H2,21,23,26). The molecule has 2 aromatic rings. The van der Waals surface area contributed by atoms with Gasteiger partial charge in [0, 0.05) is 38.5 Å². The van der Waals surface area contributed by atoms with Gasteiger partial charge >= 0.3 is 6.03 Å². The summed E-state index contributed by atoms with van der Waals surface area (Å²) in [4.78, 5) is 14.7. The van der Waals surface area contributed by atoms with Crippen LogP contribution in [0.25, 0.3) is 0 Å². The van der Waals surface area contributed by atoms with E-state index in [-0.39, 0.29) is 11.6 Å². The number of nitrogens with one attached hydrogen (secondary N) is 2. The third-order valence-electron chi connectivity index (χ3n) is 5.08. The second kappa shape index (κ2) is 8.54. The highest BCUT2D eigenvalue weighted by Gasteiger charge is 2.30. The molecule has 2 heterocycles. The van der Waals surface area contributed by atoms with E-state index in [1.165, 1.54) is 11.1 Å². The largest absolute Gasteiger partial charge is 0.383 e. The highest BCUT2D eigenvalue weighted by molar-refractivity contribution is 5.88. The van der Waals surface area contributed by atoms with Gasteiger partial charge in [-0.15, -0.1) is 0 Å². The Morgan fingerprint density at radius 1 is 1.30 bits per heavy atom. The first kappa shape index (κ1) is 19.4. The zero-order chi connectivity index (χ0) is 19.3. The molecule has 7 nitrogen and oxygen atoms in total. The molecule has 1 aliphatic heterocycles. The van der Waals surface area contributed by atoms with Crippen LogP contribution in [0.15, 0.2) is 36.7 Å².